The molecule has 0 aliphatic heterocycles. The van der Waals surface area contributed by atoms with E-state index in [1.165, 1.54) is 17.7 Å². The zero-order chi connectivity index (χ0) is 17.1. The lowest BCUT2D eigenvalue weighted by Gasteiger charge is -2.11. The van der Waals surface area contributed by atoms with Gasteiger partial charge in [-0.05, 0) is 56.2 Å². The Balaban J connectivity index is 1.79. The first kappa shape index (κ1) is 17.5. The number of ether oxygens (including phenoxy) is 1. The van der Waals surface area contributed by atoms with E-state index in [1.807, 2.05) is 36.0 Å². The van der Waals surface area contributed by atoms with E-state index in [0.717, 1.165) is 10.8 Å². The van der Waals surface area contributed by atoms with Crippen molar-refractivity contribution < 1.29 is 18.3 Å². The van der Waals surface area contributed by atoms with Crippen molar-refractivity contribution in [1.82, 2.24) is 0 Å². The third-order valence-corrected chi connectivity index (χ3v) is 5.69. The minimum atomic E-state index is -1.44. The third kappa shape index (κ3) is 4.38. The Morgan fingerprint density at radius 3 is 2.38 bits per heavy atom. The minimum Gasteiger partial charge on any atom is -0.462 e. The molecule has 24 heavy (non-hydrogen) atoms. The van der Waals surface area contributed by atoms with E-state index < -0.39 is 18.3 Å². The summed E-state index contributed by atoms with van der Waals surface area (Å²) in [7, 11) is 0. The number of carbonyl (C=O) groups is 1. The molecule has 2 atom stereocenters. The highest BCUT2D eigenvalue weighted by atomic mass is 32.2. The van der Waals surface area contributed by atoms with Crippen LogP contribution < -0.4 is 0 Å². The van der Waals surface area contributed by atoms with Gasteiger partial charge in [0.05, 0.1) is 12.2 Å². The van der Waals surface area contributed by atoms with Crippen LogP contribution in [0.4, 0.5) is 8.78 Å². The summed E-state index contributed by atoms with van der Waals surface area (Å²) < 4.78 is 32.0. The molecule has 0 amide bonds. The van der Waals surface area contributed by atoms with Crippen LogP contribution in [0.2, 0.25) is 0 Å². The molecular formula is C19H22F2O2S. The Labute approximate surface area is 145 Å². The van der Waals surface area contributed by atoms with Crippen molar-refractivity contribution in [2.24, 2.45) is 5.92 Å². The predicted molar refractivity (Wildman–Crippen MR) is 92.4 cm³/mol. The maximum atomic E-state index is 13.4. The van der Waals surface area contributed by atoms with Gasteiger partial charge < -0.3 is 4.74 Å². The summed E-state index contributed by atoms with van der Waals surface area (Å²) in [6.45, 7) is 2.02. The average Bonchev–Trinajstić information content (AvgIpc) is 3.31. The van der Waals surface area contributed by atoms with Crippen molar-refractivity contribution in [2.45, 2.75) is 55.1 Å². The second kappa shape index (κ2) is 7.68. The van der Waals surface area contributed by atoms with E-state index in [1.54, 1.807) is 13.0 Å². The summed E-state index contributed by atoms with van der Waals surface area (Å²) in [4.78, 5) is 13.5. The van der Waals surface area contributed by atoms with Crippen LogP contribution in [-0.2, 0) is 9.53 Å². The van der Waals surface area contributed by atoms with Crippen molar-refractivity contribution in [3.05, 3.63) is 35.9 Å². The highest BCUT2D eigenvalue weighted by molar-refractivity contribution is 8.00. The van der Waals surface area contributed by atoms with Gasteiger partial charge in [-0.15, -0.1) is 11.8 Å². The Hall–Kier alpha value is -1.36. The predicted octanol–water partition coefficient (Wildman–Crippen LogP) is 4.97. The maximum Gasteiger partial charge on any atom is 0.338 e. The zero-order valence-corrected chi connectivity index (χ0v) is 14.5. The Morgan fingerprint density at radius 2 is 1.83 bits per heavy atom. The molecule has 5 heteroatoms. The highest BCUT2D eigenvalue weighted by Gasteiger charge is 2.34. The number of carbonyl (C=O) groups excluding carboxylic acids is 1. The van der Waals surface area contributed by atoms with Crippen LogP contribution in [0.5, 0.6) is 0 Å². The van der Waals surface area contributed by atoms with Gasteiger partial charge in [0.25, 0.3) is 0 Å². The van der Waals surface area contributed by atoms with Gasteiger partial charge in [-0.2, -0.15) is 0 Å². The highest BCUT2D eigenvalue weighted by Crippen LogP contribution is 2.39. The molecule has 2 aliphatic rings. The second-order valence-corrected chi connectivity index (χ2v) is 7.78. The molecule has 0 radical (unpaired) electrons. The molecule has 1 aromatic carbocycles. The largest absolute Gasteiger partial charge is 0.462 e. The van der Waals surface area contributed by atoms with Gasteiger partial charge in [0.15, 0.2) is 0 Å². The SMILES string of the molecule is CCOC(=O)C(=CC1CC(F)C(F)C1)c1ccc(SC2CC2)cc1. The molecule has 0 aromatic heterocycles. The number of hydrogen-bond acceptors (Lipinski definition) is 3. The fourth-order valence-corrected chi connectivity index (χ4v) is 3.97. The van der Waals surface area contributed by atoms with Crippen LogP contribution in [0.15, 0.2) is 35.2 Å². The van der Waals surface area contributed by atoms with Gasteiger partial charge in [0.2, 0.25) is 0 Å². The first-order valence-corrected chi connectivity index (χ1v) is 9.39. The number of esters is 1. The molecule has 0 N–H and O–H groups in total. The van der Waals surface area contributed by atoms with Crippen LogP contribution in [0, 0.1) is 5.92 Å². The standard InChI is InChI=1S/C19H22F2O2S/c1-2-23-19(22)16(9-12-10-17(20)18(21)11-12)13-3-5-14(6-4-13)24-15-7-8-15/h3-6,9,12,15,17-18H,2,7-8,10-11H2,1H3. The summed E-state index contributed by atoms with van der Waals surface area (Å²) in [6, 6.07) is 7.77. The van der Waals surface area contributed by atoms with Crippen LogP contribution in [0.3, 0.4) is 0 Å². The van der Waals surface area contributed by atoms with Crippen molar-refractivity contribution in [3.8, 4) is 0 Å². The van der Waals surface area contributed by atoms with Gasteiger partial charge in [0.1, 0.15) is 12.3 Å². The van der Waals surface area contributed by atoms with Crippen molar-refractivity contribution >= 4 is 23.3 Å². The monoisotopic (exact) mass is 352 g/mol. The van der Waals surface area contributed by atoms with E-state index in [4.69, 9.17) is 4.74 Å². The number of alkyl halides is 2. The van der Waals surface area contributed by atoms with E-state index in [2.05, 4.69) is 0 Å². The molecule has 0 saturated heterocycles. The Bertz CT molecular complexity index is 600. The molecule has 2 aliphatic carbocycles. The van der Waals surface area contributed by atoms with Crippen LogP contribution in [-0.4, -0.2) is 30.2 Å². The molecule has 0 spiro atoms. The van der Waals surface area contributed by atoms with Crippen LogP contribution >= 0.6 is 11.8 Å². The summed E-state index contributed by atoms with van der Waals surface area (Å²) in [6.07, 6.45) is 1.58. The summed E-state index contributed by atoms with van der Waals surface area (Å²) in [5.74, 6) is -0.701. The number of rotatable bonds is 6. The van der Waals surface area contributed by atoms with Gasteiger partial charge in [-0.3, -0.25) is 0 Å². The smallest absolute Gasteiger partial charge is 0.338 e. The number of allylic oxidation sites excluding steroid dienone is 1. The van der Waals surface area contributed by atoms with Crippen LogP contribution in [0.25, 0.3) is 5.57 Å². The van der Waals surface area contributed by atoms with Gasteiger partial charge >= 0.3 is 5.97 Å². The third-order valence-electron chi connectivity index (χ3n) is 4.34. The molecule has 1 aromatic rings. The van der Waals surface area contributed by atoms with Crippen LogP contribution in [0.1, 0.15) is 38.2 Å². The fraction of sp³-hybridized carbons (Fsp3) is 0.526. The van der Waals surface area contributed by atoms with Crippen molar-refractivity contribution in [3.63, 3.8) is 0 Å². The molecule has 0 heterocycles. The van der Waals surface area contributed by atoms with Gasteiger partial charge in [-0.25, -0.2) is 13.6 Å². The first-order valence-electron chi connectivity index (χ1n) is 8.51. The Kier molecular flexibility index (Phi) is 5.59. The molecule has 2 fully saturated rings. The molecule has 2 unspecified atom stereocenters. The molecule has 2 saturated carbocycles. The molecule has 3 rings (SSSR count). The van der Waals surface area contributed by atoms with Crippen molar-refractivity contribution in [1.29, 1.82) is 0 Å². The lowest BCUT2D eigenvalue weighted by molar-refractivity contribution is -0.136. The lowest BCUT2D eigenvalue weighted by atomic mass is 9.98. The van der Waals surface area contributed by atoms with Gasteiger partial charge in [-0.1, -0.05) is 18.2 Å². The average molecular weight is 352 g/mol. The molecule has 0 bridgehead atoms. The van der Waals surface area contributed by atoms with E-state index >= 15 is 0 Å². The number of hydrogen-bond donors (Lipinski definition) is 0. The lowest BCUT2D eigenvalue weighted by Crippen LogP contribution is -2.08. The summed E-state index contributed by atoms with van der Waals surface area (Å²) >= 11 is 1.85. The topological polar surface area (TPSA) is 26.3 Å². The molecule has 130 valence electrons. The quantitative estimate of drug-likeness (QED) is 0.534. The fourth-order valence-electron chi connectivity index (χ4n) is 2.92. The van der Waals surface area contributed by atoms with Gasteiger partial charge in [0, 0.05) is 10.1 Å². The van der Waals surface area contributed by atoms with E-state index in [0.29, 0.717) is 5.57 Å². The normalized spacial score (nSPS) is 27.3. The zero-order valence-electron chi connectivity index (χ0n) is 13.7. The molecular weight excluding hydrogens is 330 g/mol. The number of benzene rings is 1. The van der Waals surface area contributed by atoms with E-state index in [9.17, 15) is 13.6 Å². The minimum absolute atomic E-state index is 0.125. The summed E-state index contributed by atoms with van der Waals surface area (Å²) in [5.41, 5.74) is 1.15. The Morgan fingerprint density at radius 1 is 1.21 bits per heavy atom. The second-order valence-electron chi connectivity index (χ2n) is 6.41. The first-order chi connectivity index (χ1) is 11.6. The maximum absolute atomic E-state index is 13.4. The molecule has 2 nitrogen and oxygen atoms in total. The number of halogens is 2. The van der Waals surface area contributed by atoms with E-state index in [-0.39, 0.29) is 25.4 Å². The summed E-state index contributed by atoms with van der Waals surface area (Å²) in [5, 5.41) is 0.720. The van der Waals surface area contributed by atoms with Crippen molar-refractivity contribution in [2.75, 3.05) is 6.61 Å². The number of thioether (sulfide) groups is 1.